The second kappa shape index (κ2) is 5.36. The van der Waals surface area contributed by atoms with Gasteiger partial charge in [0.2, 0.25) is 0 Å². The van der Waals surface area contributed by atoms with Crippen LogP contribution in [0.3, 0.4) is 0 Å². The van der Waals surface area contributed by atoms with Crippen molar-refractivity contribution in [2.24, 2.45) is 5.92 Å². The van der Waals surface area contributed by atoms with Gasteiger partial charge in [-0.15, -0.1) is 0 Å². The lowest BCUT2D eigenvalue weighted by atomic mass is 10.1. The Hall–Kier alpha value is -0.760. The SMILES string of the molecule is CC(C)CC(C)Nc1c(F)cccc1Cl. The maximum absolute atomic E-state index is 13.4. The molecule has 84 valence electrons. The smallest absolute Gasteiger partial charge is 0.147 e. The van der Waals surface area contributed by atoms with Gasteiger partial charge in [-0.05, 0) is 31.4 Å². The van der Waals surface area contributed by atoms with Crippen molar-refractivity contribution in [2.45, 2.75) is 33.2 Å². The first kappa shape index (κ1) is 12.3. The zero-order chi connectivity index (χ0) is 11.4. The van der Waals surface area contributed by atoms with Crippen molar-refractivity contribution in [3.63, 3.8) is 0 Å². The summed E-state index contributed by atoms with van der Waals surface area (Å²) >= 11 is 5.91. The predicted molar refractivity (Wildman–Crippen MR) is 63.9 cm³/mol. The molecular formula is C12H17ClFN. The first-order valence-corrected chi connectivity index (χ1v) is 5.59. The molecule has 1 aromatic carbocycles. The number of para-hydroxylation sites is 1. The summed E-state index contributed by atoms with van der Waals surface area (Å²) in [6, 6.07) is 4.93. The molecule has 3 heteroatoms. The lowest BCUT2D eigenvalue weighted by Crippen LogP contribution is -2.18. The number of hydrogen-bond acceptors (Lipinski definition) is 1. The minimum Gasteiger partial charge on any atom is -0.379 e. The van der Waals surface area contributed by atoms with E-state index in [1.54, 1.807) is 12.1 Å². The highest BCUT2D eigenvalue weighted by molar-refractivity contribution is 6.33. The molecule has 0 saturated carbocycles. The van der Waals surface area contributed by atoms with Crippen molar-refractivity contribution >= 4 is 17.3 Å². The summed E-state index contributed by atoms with van der Waals surface area (Å²) in [5, 5.41) is 3.54. The molecule has 1 aromatic rings. The fourth-order valence-electron chi connectivity index (χ4n) is 1.65. The van der Waals surface area contributed by atoms with Gasteiger partial charge in [-0.3, -0.25) is 0 Å². The first-order valence-electron chi connectivity index (χ1n) is 5.21. The molecule has 1 nitrogen and oxygen atoms in total. The van der Waals surface area contributed by atoms with Crippen LogP contribution in [0.5, 0.6) is 0 Å². The number of nitrogens with one attached hydrogen (secondary N) is 1. The Morgan fingerprint density at radius 3 is 2.53 bits per heavy atom. The largest absolute Gasteiger partial charge is 0.379 e. The molecule has 0 heterocycles. The molecule has 0 bridgehead atoms. The summed E-state index contributed by atoms with van der Waals surface area (Å²) in [5.41, 5.74) is 0.410. The number of rotatable bonds is 4. The van der Waals surface area contributed by atoms with E-state index in [2.05, 4.69) is 19.2 Å². The lowest BCUT2D eigenvalue weighted by molar-refractivity contribution is 0.536. The molecule has 1 atom stereocenters. The predicted octanol–water partition coefficient (Wildman–Crippen LogP) is 4.33. The number of anilines is 1. The van der Waals surface area contributed by atoms with Gasteiger partial charge in [0.05, 0.1) is 10.7 Å². The molecule has 0 aromatic heterocycles. The third-order valence-corrected chi connectivity index (χ3v) is 2.49. The molecule has 1 unspecified atom stereocenters. The highest BCUT2D eigenvalue weighted by Gasteiger charge is 2.10. The summed E-state index contributed by atoms with van der Waals surface area (Å²) in [7, 11) is 0. The summed E-state index contributed by atoms with van der Waals surface area (Å²) in [4.78, 5) is 0. The Bertz CT molecular complexity index is 305. The van der Waals surface area contributed by atoms with Gasteiger partial charge in [-0.2, -0.15) is 0 Å². The second-order valence-corrected chi connectivity index (χ2v) is 4.68. The Balaban J connectivity index is 2.71. The van der Waals surface area contributed by atoms with E-state index in [0.717, 1.165) is 6.42 Å². The number of benzene rings is 1. The topological polar surface area (TPSA) is 12.0 Å². The van der Waals surface area contributed by atoms with Crippen molar-refractivity contribution in [2.75, 3.05) is 5.32 Å². The fourth-order valence-corrected chi connectivity index (χ4v) is 1.87. The Morgan fingerprint density at radius 2 is 2.00 bits per heavy atom. The van der Waals surface area contributed by atoms with Gasteiger partial charge in [0.15, 0.2) is 0 Å². The lowest BCUT2D eigenvalue weighted by Gasteiger charge is -2.18. The zero-order valence-electron chi connectivity index (χ0n) is 9.35. The summed E-state index contributed by atoms with van der Waals surface area (Å²) in [6.07, 6.45) is 0.991. The standard InChI is InChI=1S/C12H17ClFN/c1-8(2)7-9(3)15-12-10(13)5-4-6-11(12)14/h4-6,8-9,15H,7H2,1-3H3. The fraction of sp³-hybridized carbons (Fsp3) is 0.500. The van der Waals surface area contributed by atoms with E-state index < -0.39 is 0 Å². The van der Waals surface area contributed by atoms with E-state index >= 15 is 0 Å². The second-order valence-electron chi connectivity index (χ2n) is 4.27. The Labute approximate surface area is 95.6 Å². The molecule has 1 rings (SSSR count). The van der Waals surface area contributed by atoms with Crippen LogP contribution in [0.4, 0.5) is 10.1 Å². The molecule has 0 aliphatic heterocycles. The number of hydrogen-bond donors (Lipinski definition) is 1. The molecular weight excluding hydrogens is 213 g/mol. The molecule has 1 N–H and O–H groups in total. The molecule has 0 spiro atoms. The van der Waals surface area contributed by atoms with Crippen LogP contribution in [0.15, 0.2) is 18.2 Å². The van der Waals surface area contributed by atoms with E-state index in [0.29, 0.717) is 16.6 Å². The van der Waals surface area contributed by atoms with E-state index in [1.807, 2.05) is 6.92 Å². The molecule has 0 radical (unpaired) electrons. The monoisotopic (exact) mass is 229 g/mol. The zero-order valence-corrected chi connectivity index (χ0v) is 10.1. The highest BCUT2D eigenvalue weighted by Crippen LogP contribution is 2.26. The van der Waals surface area contributed by atoms with Crippen LogP contribution in [-0.2, 0) is 0 Å². The summed E-state index contributed by atoms with van der Waals surface area (Å²) in [5.74, 6) is 0.288. The van der Waals surface area contributed by atoms with Crippen LogP contribution < -0.4 is 5.32 Å². The van der Waals surface area contributed by atoms with Gasteiger partial charge in [0.1, 0.15) is 5.82 Å². The van der Waals surface area contributed by atoms with Crippen LogP contribution in [0.1, 0.15) is 27.2 Å². The third kappa shape index (κ3) is 3.71. The van der Waals surface area contributed by atoms with Gasteiger partial charge < -0.3 is 5.32 Å². The first-order chi connectivity index (χ1) is 7.00. The maximum Gasteiger partial charge on any atom is 0.147 e. The quantitative estimate of drug-likeness (QED) is 0.811. The third-order valence-electron chi connectivity index (χ3n) is 2.18. The van der Waals surface area contributed by atoms with Crippen LogP contribution in [0, 0.1) is 11.7 Å². The highest BCUT2D eigenvalue weighted by atomic mass is 35.5. The molecule has 0 saturated heterocycles. The van der Waals surface area contributed by atoms with Gasteiger partial charge in [0.25, 0.3) is 0 Å². The Morgan fingerprint density at radius 1 is 1.33 bits per heavy atom. The van der Waals surface area contributed by atoms with Crippen molar-refractivity contribution in [3.8, 4) is 0 Å². The summed E-state index contributed by atoms with van der Waals surface area (Å²) < 4.78 is 13.4. The molecule has 0 amide bonds. The minimum atomic E-state index is -0.293. The van der Waals surface area contributed by atoms with Crippen molar-refractivity contribution in [3.05, 3.63) is 29.0 Å². The normalized spacial score (nSPS) is 12.9. The maximum atomic E-state index is 13.4. The van der Waals surface area contributed by atoms with Crippen molar-refractivity contribution in [1.29, 1.82) is 0 Å². The van der Waals surface area contributed by atoms with Crippen molar-refractivity contribution in [1.82, 2.24) is 0 Å². The van der Waals surface area contributed by atoms with E-state index in [4.69, 9.17) is 11.6 Å². The van der Waals surface area contributed by atoms with E-state index in [1.165, 1.54) is 6.07 Å². The number of halogens is 2. The van der Waals surface area contributed by atoms with Crippen LogP contribution in [0.25, 0.3) is 0 Å². The molecule has 0 fully saturated rings. The average molecular weight is 230 g/mol. The van der Waals surface area contributed by atoms with Crippen LogP contribution in [0.2, 0.25) is 5.02 Å². The van der Waals surface area contributed by atoms with Gasteiger partial charge in [-0.25, -0.2) is 4.39 Å². The van der Waals surface area contributed by atoms with Crippen LogP contribution in [-0.4, -0.2) is 6.04 Å². The van der Waals surface area contributed by atoms with Crippen LogP contribution >= 0.6 is 11.6 Å². The molecule has 15 heavy (non-hydrogen) atoms. The molecule has 0 aliphatic carbocycles. The van der Waals surface area contributed by atoms with E-state index in [9.17, 15) is 4.39 Å². The minimum absolute atomic E-state index is 0.222. The molecule has 0 aliphatic rings. The van der Waals surface area contributed by atoms with Gasteiger partial charge >= 0.3 is 0 Å². The van der Waals surface area contributed by atoms with Gasteiger partial charge in [0, 0.05) is 6.04 Å². The summed E-state index contributed by atoms with van der Waals surface area (Å²) in [6.45, 7) is 6.31. The van der Waals surface area contributed by atoms with E-state index in [-0.39, 0.29) is 11.9 Å². The van der Waals surface area contributed by atoms with Gasteiger partial charge in [-0.1, -0.05) is 31.5 Å². The van der Waals surface area contributed by atoms with Crippen molar-refractivity contribution < 1.29 is 4.39 Å². The average Bonchev–Trinajstić information content (AvgIpc) is 2.10. The Kier molecular flexibility index (Phi) is 4.40.